The van der Waals surface area contributed by atoms with Gasteiger partial charge in [0.05, 0.1) is 7.11 Å². The van der Waals surface area contributed by atoms with Crippen LogP contribution in [0.2, 0.25) is 0 Å². The Balaban J connectivity index is 0. The Kier molecular flexibility index (Phi) is 10.8. The lowest BCUT2D eigenvalue weighted by Gasteiger charge is -1.89. The van der Waals surface area contributed by atoms with Gasteiger partial charge in [-0.2, -0.15) is 0 Å². The second kappa shape index (κ2) is 9.21. The van der Waals surface area contributed by atoms with Crippen LogP contribution in [-0.4, -0.2) is 13.1 Å². The molecule has 0 radical (unpaired) electrons. The van der Waals surface area contributed by atoms with E-state index in [-0.39, 0.29) is 5.97 Å². The number of ether oxygens (including phenoxy) is 1. The molecule has 0 aromatic carbocycles. The van der Waals surface area contributed by atoms with Gasteiger partial charge in [0.25, 0.3) is 0 Å². The highest BCUT2D eigenvalue weighted by Gasteiger charge is 1.89. The fraction of sp³-hybridized carbons (Fsp3) is 0.667. The van der Waals surface area contributed by atoms with Gasteiger partial charge >= 0.3 is 5.97 Å². The smallest absolute Gasteiger partial charge is 0.330 e. The third-order valence-corrected chi connectivity index (χ3v) is 0.608. The highest BCUT2D eigenvalue weighted by atomic mass is 16.5. The van der Waals surface area contributed by atoms with Gasteiger partial charge in [0.15, 0.2) is 0 Å². The molecule has 0 aromatic rings. The van der Waals surface area contributed by atoms with Crippen LogP contribution in [0.1, 0.15) is 34.1 Å². The molecule has 0 aliphatic heterocycles. The lowest BCUT2D eigenvalue weighted by molar-refractivity contribution is -0.134. The van der Waals surface area contributed by atoms with Gasteiger partial charge in [-0.15, -0.1) is 0 Å². The zero-order valence-corrected chi connectivity index (χ0v) is 8.10. The minimum Gasteiger partial charge on any atom is -0.466 e. The Hall–Kier alpha value is -0.790. The minimum atomic E-state index is -0.287. The summed E-state index contributed by atoms with van der Waals surface area (Å²) in [7, 11) is 1.36. The summed E-state index contributed by atoms with van der Waals surface area (Å²) in [5.74, 6) is -0.287. The van der Waals surface area contributed by atoms with Crippen LogP contribution in [0, 0.1) is 0 Å². The normalized spacial score (nSPS) is 7.36. The van der Waals surface area contributed by atoms with Gasteiger partial charge in [-0.3, -0.25) is 0 Å². The summed E-state index contributed by atoms with van der Waals surface area (Å²) in [5.41, 5.74) is 0.955. The van der Waals surface area contributed by atoms with Crippen molar-refractivity contribution in [3.63, 3.8) is 0 Å². The quantitative estimate of drug-likeness (QED) is 0.433. The Labute approximate surface area is 69.3 Å². The number of carbonyl (C=O) groups excluding carboxylic acids is 1. The summed E-state index contributed by atoms with van der Waals surface area (Å²) in [6, 6.07) is 0. The van der Waals surface area contributed by atoms with Crippen molar-refractivity contribution in [3.05, 3.63) is 11.6 Å². The summed E-state index contributed by atoms with van der Waals surface area (Å²) >= 11 is 0. The molecule has 66 valence electrons. The molecular formula is C9H18O2. The molecule has 0 atom stereocenters. The number of carbonyl (C=O) groups is 1. The number of hydrogen-bond acceptors (Lipinski definition) is 2. The standard InChI is InChI=1S/C6H10O2.C3H8/c1-5(2)4-6(7)8-3;1-3-2/h4H,1-3H3;3H2,1-2H3. The maximum absolute atomic E-state index is 10.3. The molecule has 0 unspecified atom stereocenters. The van der Waals surface area contributed by atoms with Crippen LogP contribution in [0.5, 0.6) is 0 Å². The molecule has 0 rings (SSSR count). The van der Waals surface area contributed by atoms with Gasteiger partial charge in [0.1, 0.15) is 0 Å². The predicted octanol–water partition coefficient (Wildman–Crippen LogP) is 2.54. The fourth-order valence-corrected chi connectivity index (χ4v) is 0.295. The molecule has 0 N–H and O–H groups in total. The average Bonchev–Trinajstić information content (AvgIpc) is 1.88. The van der Waals surface area contributed by atoms with Crippen molar-refractivity contribution < 1.29 is 9.53 Å². The third-order valence-electron chi connectivity index (χ3n) is 0.608. The third kappa shape index (κ3) is 17.6. The van der Waals surface area contributed by atoms with Crippen molar-refractivity contribution >= 4 is 5.97 Å². The van der Waals surface area contributed by atoms with Gasteiger partial charge in [-0.1, -0.05) is 25.8 Å². The summed E-state index contributed by atoms with van der Waals surface area (Å²) in [6.07, 6.45) is 2.69. The van der Waals surface area contributed by atoms with E-state index < -0.39 is 0 Å². The Morgan fingerprint density at radius 1 is 1.36 bits per heavy atom. The molecule has 0 fully saturated rings. The monoisotopic (exact) mass is 158 g/mol. The number of esters is 1. The molecule has 0 aliphatic carbocycles. The molecule has 0 amide bonds. The molecule has 0 saturated carbocycles. The molecule has 11 heavy (non-hydrogen) atoms. The van der Waals surface area contributed by atoms with E-state index in [1.54, 1.807) is 0 Å². The van der Waals surface area contributed by atoms with Gasteiger partial charge in [-0.25, -0.2) is 4.79 Å². The second-order valence-electron chi connectivity index (χ2n) is 2.45. The molecule has 0 aromatic heterocycles. The molecule has 0 saturated heterocycles. The topological polar surface area (TPSA) is 26.3 Å². The van der Waals surface area contributed by atoms with Crippen molar-refractivity contribution in [1.29, 1.82) is 0 Å². The van der Waals surface area contributed by atoms with Crippen LogP contribution >= 0.6 is 0 Å². The minimum absolute atomic E-state index is 0.287. The van der Waals surface area contributed by atoms with E-state index in [2.05, 4.69) is 18.6 Å². The van der Waals surface area contributed by atoms with Gasteiger partial charge < -0.3 is 4.74 Å². The Bertz CT molecular complexity index is 122. The van der Waals surface area contributed by atoms with E-state index >= 15 is 0 Å². The largest absolute Gasteiger partial charge is 0.466 e. The van der Waals surface area contributed by atoms with Crippen LogP contribution in [0.25, 0.3) is 0 Å². The highest BCUT2D eigenvalue weighted by Crippen LogP contribution is 1.88. The zero-order valence-electron chi connectivity index (χ0n) is 8.10. The van der Waals surface area contributed by atoms with E-state index in [1.165, 1.54) is 19.6 Å². The van der Waals surface area contributed by atoms with Gasteiger partial charge in [0, 0.05) is 6.08 Å². The summed E-state index contributed by atoms with van der Waals surface area (Å²) in [4.78, 5) is 10.3. The van der Waals surface area contributed by atoms with Crippen LogP contribution in [0.4, 0.5) is 0 Å². The highest BCUT2D eigenvalue weighted by molar-refractivity contribution is 5.82. The van der Waals surface area contributed by atoms with Crippen LogP contribution in [0.15, 0.2) is 11.6 Å². The molecule has 0 aliphatic rings. The second-order valence-corrected chi connectivity index (χ2v) is 2.45. The Morgan fingerprint density at radius 2 is 1.73 bits per heavy atom. The van der Waals surface area contributed by atoms with Crippen LogP contribution in [0.3, 0.4) is 0 Å². The van der Waals surface area contributed by atoms with E-state index in [0.717, 1.165) is 5.57 Å². The first kappa shape index (κ1) is 12.8. The molecule has 0 bridgehead atoms. The molecule has 2 heteroatoms. The summed E-state index contributed by atoms with van der Waals surface area (Å²) < 4.78 is 4.35. The van der Waals surface area contributed by atoms with Gasteiger partial charge in [-0.05, 0) is 13.8 Å². The molecule has 2 nitrogen and oxygen atoms in total. The fourth-order valence-electron chi connectivity index (χ4n) is 0.295. The molecular weight excluding hydrogens is 140 g/mol. The molecule has 0 heterocycles. The lowest BCUT2D eigenvalue weighted by Crippen LogP contribution is -1.94. The van der Waals surface area contributed by atoms with Crippen LogP contribution in [-0.2, 0) is 9.53 Å². The van der Waals surface area contributed by atoms with E-state index in [4.69, 9.17) is 0 Å². The van der Waals surface area contributed by atoms with Crippen LogP contribution < -0.4 is 0 Å². The number of rotatable bonds is 1. The Morgan fingerprint density at radius 3 is 1.82 bits per heavy atom. The predicted molar refractivity (Wildman–Crippen MR) is 47.4 cm³/mol. The number of methoxy groups -OCH3 is 1. The first-order chi connectivity index (χ1) is 5.08. The van der Waals surface area contributed by atoms with Crippen molar-refractivity contribution in [2.45, 2.75) is 34.1 Å². The summed E-state index contributed by atoms with van der Waals surface area (Å²) in [5, 5.41) is 0. The maximum atomic E-state index is 10.3. The first-order valence-electron chi connectivity index (χ1n) is 3.81. The van der Waals surface area contributed by atoms with Crippen molar-refractivity contribution in [2.24, 2.45) is 0 Å². The summed E-state index contributed by atoms with van der Waals surface area (Å²) in [6.45, 7) is 7.94. The van der Waals surface area contributed by atoms with E-state index in [0.29, 0.717) is 0 Å². The number of allylic oxidation sites excluding steroid dienone is 1. The van der Waals surface area contributed by atoms with E-state index in [1.807, 2.05) is 13.8 Å². The first-order valence-corrected chi connectivity index (χ1v) is 3.81. The van der Waals surface area contributed by atoms with Crippen molar-refractivity contribution in [3.8, 4) is 0 Å². The zero-order chi connectivity index (χ0) is 9.28. The average molecular weight is 158 g/mol. The molecule has 0 spiro atoms. The van der Waals surface area contributed by atoms with Crippen molar-refractivity contribution in [1.82, 2.24) is 0 Å². The SMILES string of the molecule is CCC.COC(=O)C=C(C)C. The van der Waals surface area contributed by atoms with Gasteiger partial charge in [0.2, 0.25) is 0 Å². The van der Waals surface area contributed by atoms with Crippen molar-refractivity contribution in [2.75, 3.05) is 7.11 Å². The lowest BCUT2D eigenvalue weighted by atomic mass is 10.3. The van der Waals surface area contributed by atoms with E-state index in [9.17, 15) is 4.79 Å². The number of hydrogen-bond donors (Lipinski definition) is 0. The maximum Gasteiger partial charge on any atom is 0.330 e.